The molecule has 1 saturated carbocycles. The van der Waals surface area contributed by atoms with Crippen molar-refractivity contribution in [2.45, 2.75) is 37.5 Å². The number of anilines is 2. The zero-order chi connectivity index (χ0) is 23.5. The van der Waals surface area contributed by atoms with Gasteiger partial charge in [-0.1, -0.05) is 16.8 Å². The van der Waals surface area contributed by atoms with Crippen LogP contribution >= 0.6 is 11.6 Å². The van der Waals surface area contributed by atoms with Crippen LogP contribution in [-0.2, 0) is 5.41 Å². The van der Waals surface area contributed by atoms with E-state index >= 15 is 4.39 Å². The lowest BCUT2D eigenvalue weighted by atomic mass is 9.79. The molecule has 1 spiro atoms. The fourth-order valence-corrected chi connectivity index (χ4v) is 5.52. The van der Waals surface area contributed by atoms with Gasteiger partial charge in [0.15, 0.2) is 5.82 Å². The van der Waals surface area contributed by atoms with E-state index in [1.807, 2.05) is 0 Å². The highest BCUT2D eigenvalue weighted by atomic mass is 35.5. The summed E-state index contributed by atoms with van der Waals surface area (Å²) in [5.41, 5.74) is 7.07. The Kier molecular flexibility index (Phi) is 5.04. The van der Waals surface area contributed by atoms with E-state index < -0.39 is 11.7 Å². The number of carbonyl (C=O) groups excluding carboxylic acids is 1. The molecule has 3 N–H and O–H groups in total. The highest BCUT2D eigenvalue weighted by Gasteiger charge is 2.49. The number of nitrogens with two attached hydrogens (primary N) is 1. The number of hydrogen-bond donors (Lipinski definition) is 2. The van der Waals surface area contributed by atoms with Crippen molar-refractivity contribution in [2.24, 2.45) is 0 Å². The number of aromatic nitrogens is 3. The second-order valence-corrected chi connectivity index (χ2v) is 9.43. The first kappa shape index (κ1) is 21.6. The molecule has 5 rings (SSSR count). The van der Waals surface area contributed by atoms with Gasteiger partial charge in [-0.2, -0.15) is 4.98 Å². The van der Waals surface area contributed by atoms with E-state index in [2.05, 4.69) is 20.4 Å². The summed E-state index contributed by atoms with van der Waals surface area (Å²) >= 11 is 6.94. The number of carbonyl (C=O) groups is 1. The lowest BCUT2D eigenvalue weighted by molar-refractivity contribution is 0.0824. The largest absolute Gasteiger partial charge is 0.398 e. The SMILES string of the molecule is Cc1noc(C2CCC3(CNc4ncc(-c5ccc(N)c(C(=O)N(C)C)c5F)c(Cl)c43)C2)n1. The maximum Gasteiger partial charge on any atom is 0.258 e. The second-order valence-electron chi connectivity index (χ2n) is 9.05. The molecule has 10 heteroatoms. The minimum atomic E-state index is -0.706. The molecule has 1 amide bonds. The molecule has 1 aromatic carbocycles. The molecule has 3 heterocycles. The summed E-state index contributed by atoms with van der Waals surface area (Å²) in [4.78, 5) is 22.8. The van der Waals surface area contributed by atoms with Crippen molar-refractivity contribution in [3.8, 4) is 11.1 Å². The minimum absolute atomic E-state index is 0.0758. The van der Waals surface area contributed by atoms with Gasteiger partial charge in [-0.25, -0.2) is 9.37 Å². The maximum atomic E-state index is 15.6. The Morgan fingerprint density at radius 2 is 2.15 bits per heavy atom. The van der Waals surface area contributed by atoms with Crippen LogP contribution in [0.5, 0.6) is 0 Å². The molecule has 0 saturated heterocycles. The van der Waals surface area contributed by atoms with E-state index in [1.54, 1.807) is 33.3 Å². The Balaban J connectivity index is 1.58. The van der Waals surface area contributed by atoms with Crippen molar-refractivity contribution in [2.75, 3.05) is 31.7 Å². The van der Waals surface area contributed by atoms with Crippen molar-refractivity contribution in [3.63, 3.8) is 0 Å². The van der Waals surface area contributed by atoms with Crippen LogP contribution in [0.4, 0.5) is 15.9 Å². The van der Waals surface area contributed by atoms with Crippen molar-refractivity contribution in [1.29, 1.82) is 0 Å². The van der Waals surface area contributed by atoms with E-state index in [0.29, 0.717) is 34.7 Å². The third kappa shape index (κ3) is 3.33. The van der Waals surface area contributed by atoms with E-state index in [1.165, 1.54) is 11.0 Å². The van der Waals surface area contributed by atoms with Crippen molar-refractivity contribution < 1.29 is 13.7 Å². The standard InChI is InChI=1S/C23H24ClFN6O2/c1-11-29-21(33-30-11)12-6-7-23(8-12)10-28-20-17(23)18(24)14(9-27-20)13-4-5-15(26)16(19(13)25)22(32)31(2)3/h4-5,9,12H,6-8,10,26H2,1-3H3,(H,27,28). The summed E-state index contributed by atoms with van der Waals surface area (Å²) in [6.45, 7) is 2.48. The molecule has 1 aliphatic carbocycles. The highest BCUT2D eigenvalue weighted by molar-refractivity contribution is 6.34. The summed E-state index contributed by atoms with van der Waals surface area (Å²) < 4.78 is 21.0. The van der Waals surface area contributed by atoms with Gasteiger partial charge in [0.05, 0.1) is 10.6 Å². The number of nitrogen functional groups attached to an aromatic ring is 1. The zero-order valence-electron chi connectivity index (χ0n) is 18.6. The van der Waals surface area contributed by atoms with Gasteiger partial charge < -0.3 is 20.5 Å². The average molecular weight is 471 g/mol. The molecule has 1 fully saturated rings. The first-order valence-corrected chi connectivity index (χ1v) is 11.1. The van der Waals surface area contributed by atoms with E-state index in [9.17, 15) is 4.79 Å². The molecular weight excluding hydrogens is 447 g/mol. The Morgan fingerprint density at radius 1 is 1.36 bits per heavy atom. The highest BCUT2D eigenvalue weighted by Crippen LogP contribution is 2.55. The van der Waals surface area contributed by atoms with Gasteiger partial charge in [-0.15, -0.1) is 0 Å². The maximum absolute atomic E-state index is 15.6. The van der Waals surface area contributed by atoms with Crippen LogP contribution in [0, 0.1) is 12.7 Å². The van der Waals surface area contributed by atoms with Gasteiger partial charge in [0, 0.05) is 60.5 Å². The van der Waals surface area contributed by atoms with Crippen LogP contribution < -0.4 is 11.1 Å². The Morgan fingerprint density at radius 3 is 2.85 bits per heavy atom. The molecule has 172 valence electrons. The minimum Gasteiger partial charge on any atom is -0.398 e. The smallest absolute Gasteiger partial charge is 0.258 e. The number of hydrogen-bond acceptors (Lipinski definition) is 7. The van der Waals surface area contributed by atoms with Gasteiger partial charge in [0.1, 0.15) is 11.6 Å². The van der Waals surface area contributed by atoms with Crippen LogP contribution in [0.25, 0.3) is 11.1 Å². The number of nitrogens with zero attached hydrogens (tertiary/aromatic N) is 4. The first-order valence-electron chi connectivity index (χ1n) is 10.7. The first-order chi connectivity index (χ1) is 15.7. The monoisotopic (exact) mass is 470 g/mol. The third-order valence-corrected chi connectivity index (χ3v) is 7.12. The summed E-state index contributed by atoms with van der Waals surface area (Å²) in [6, 6.07) is 3.07. The average Bonchev–Trinajstić information content (AvgIpc) is 3.49. The molecule has 8 nitrogen and oxygen atoms in total. The quantitative estimate of drug-likeness (QED) is 0.553. The molecule has 1 aliphatic heterocycles. The van der Waals surface area contributed by atoms with Gasteiger partial charge in [-0.3, -0.25) is 4.79 Å². The predicted octanol–water partition coefficient (Wildman–Crippen LogP) is 4.15. The van der Waals surface area contributed by atoms with Gasteiger partial charge in [0.25, 0.3) is 5.91 Å². The number of fused-ring (bicyclic) bond motifs is 2. The van der Waals surface area contributed by atoms with Gasteiger partial charge in [-0.05, 0) is 38.3 Å². The molecule has 2 unspecified atom stereocenters. The fraction of sp³-hybridized carbons (Fsp3) is 0.391. The summed E-state index contributed by atoms with van der Waals surface area (Å²) in [6.07, 6.45) is 4.05. The van der Waals surface area contributed by atoms with E-state index in [-0.39, 0.29) is 28.1 Å². The van der Waals surface area contributed by atoms with Crippen LogP contribution in [0.15, 0.2) is 22.9 Å². The summed E-state index contributed by atoms with van der Waals surface area (Å²) in [7, 11) is 3.10. The van der Waals surface area contributed by atoms with Gasteiger partial charge in [0.2, 0.25) is 5.89 Å². The molecule has 0 radical (unpaired) electrons. The van der Waals surface area contributed by atoms with Crippen molar-refractivity contribution in [3.05, 3.63) is 52.0 Å². The lowest BCUT2D eigenvalue weighted by Crippen LogP contribution is -2.25. The number of nitrogens with one attached hydrogen (secondary N) is 1. The predicted molar refractivity (Wildman–Crippen MR) is 123 cm³/mol. The molecule has 0 bridgehead atoms. The fourth-order valence-electron chi connectivity index (χ4n) is 5.08. The summed E-state index contributed by atoms with van der Waals surface area (Å²) in [5, 5.41) is 7.71. The van der Waals surface area contributed by atoms with Crippen LogP contribution in [0.1, 0.15) is 52.8 Å². The van der Waals surface area contributed by atoms with Crippen molar-refractivity contribution >= 4 is 29.0 Å². The lowest BCUT2D eigenvalue weighted by Gasteiger charge is -2.25. The number of halogens is 2. The normalized spacial score (nSPS) is 21.3. The van der Waals surface area contributed by atoms with Crippen LogP contribution in [0.2, 0.25) is 5.02 Å². The molecule has 3 aromatic rings. The van der Waals surface area contributed by atoms with Gasteiger partial charge >= 0.3 is 0 Å². The number of rotatable bonds is 3. The Labute approximate surface area is 195 Å². The molecule has 2 aliphatic rings. The Hall–Kier alpha value is -3.20. The number of benzene rings is 1. The molecule has 2 atom stereocenters. The van der Waals surface area contributed by atoms with Crippen LogP contribution in [0.3, 0.4) is 0 Å². The number of amides is 1. The Bertz CT molecular complexity index is 1280. The van der Waals surface area contributed by atoms with Crippen LogP contribution in [-0.4, -0.2) is 46.6 Å². The molecule has 33 heavy (non-hydrogen) atoms. The number of pyridine rings is 1. The summed E-state index contributed by atoms with van der Waals surface area (Å²) in [5.74, 6) is 0.851. The number of aryl methyl sites for hydroxylation is 1. The zero-order valence-corrected chi connectivity index (χ0v) is 19.3. The third-order valence-electron chi connectivity index (χ3n) is 6.73. The van der Waals surface area contributed by atoms with E-state index in [0.717, 1.165) is 24.8 Å². The topological polar surface area (TPSA) is 110 Å². The second kappa shape index (κ2) is 7.69. The molecular formula is C23H24ClFN6O2. The van der Waals surface area contributed by atoms with E-state index in [4.69, 9.17) is 21.9 Å². The van der Waals surface area contributed by atoms with Crippen molar-refractivity contribution in [1.82, 2.24) is 20.0 Å². The molecule has 2 aromatic heterocycles.